The summed E-state index contributed by atoms with van der Waals surface area (Å²) in [4.78, 5) is 7.36. The van der Waals surface area contributed by atoms with Gasteiger partial charge in [-0.1, -0.05) is 0 Å². The summed E-state index contributed by atoms with van der Waals surface area (Å²) >= 11 is 0. The number of hydrogen-bond acceptors (Lipinski definition) is 10. The van der Waals surface area contributed by atoms with Gasteiger partial charge in [0.1, 0.15) is 46.5 Å². The first kappa shape index (κ1) is 33.4. The summed E-state index contributed by atoms with van der Waals surface area (Å²) in [5.74, 6) is 0.602. The summed E-state index contributed by atoms with van der Waals surface area (Å²) in [5.41, 5.74) is 0.336. The number of hydrogen-bond donors (Lipinski definition) is 1. The molecule has 224 valence electrons. The molecule has 0 amide bonds. The van der Waals surface area contributed by atoms with Crippen LogP contribution in [0.15, 0.2) is 73.1 Å². The third-order valence-electron chi connectivity index (χ3n) is 4.66. The van der Waals surface area contributed by atoms with E-state index in [9.17, 15) is 22.0 Å². The van der Waals surface area contributed by atoms with E-state index in [2.05, 4.69) is 24.2 Å². The number of benzene rings is 2. The maximum Gasteiger partial charge on any atom is 0.387 e. The number of ether oxygens (including phenoxy) is 5. The molecular formula is C28H21F5N4O6. The lowest BCUT2D eigenvalue weighted by molar-refractivity contribution is -0.0505. The Kier molecular flexibility index (Phi) is 13.3. The predicted molar refractivity (Wildman–Crippen MR) is 139 cm³/mol. The number of nitriles is 2. The molecule has 0 saturated carbocycles. The van der Waals surface area contributed by atoms with Crippen LogP contribution >= 0.6 is 0 Å². The molecule has 0 fully saturated rings. The molecule has 0 spiro atoms. The SMILES string of the molecule is COc1cc(C#N)ncc1F.COc1cc(C#N)ncc1Oc1ccc(OC(F)F)cc1.Oc1ccc(OC(F)F)cc1. The number of methoxy groups -OCH3 is 2. The molecule has 0 aliphatic rings. The fraction of sp³-hybridized carbons (Fsp3) is 0.143. The number of aromatic hydroxyl groups is 1. The Morgan fingerprint density at radius 1 is 0.674 bits per heavy atom. The maximum atomic E-state index is 12.6. The first-order chi connectivity index (χ1) is 20.6. The number of pyridine rings is 2. The first-order valence-corrected chi connectivity index (χ1v) is 11.6. The zero-order chi connectivity index (χ0) is 31.8. The number of alkyl halides is 4. The van der Waals surface area contributed by atoms with E-state index in [1.54, 1.807) is 6.07 Å². The van der Waals surface area contributed by atoms with Crippen molar-refractivity contribution in [3.05, 3.63) is 90.3 Å². The molecular weight excluding hydrogens is 583 g/mol. The summed E-state index contributed by atoms with van der Waals surface area (Å²) in [7, 11) is 2.77. The van der Waals surface area contributed by atoms with Crippen molar-refractivity contribution in [3.63, 3.8) is 0 Å². The van der Waals surface area contributed by atoms with E-state index in [0.29, 0.717) is 17.2 Å². The van der Waals surface area contributed by atoms with E-state index in [4.69, 9.17) is 25.1 Å². The molecule has 15 heteroatoms. The summed E-state index contributed by atoms with van der Waals surface area (Å²) < 4.78 is 83.2. The molecule has 4 aromatic rings. The number of rotatable bonds is 8. The fourth-order valence-electron chi connectivity index (χ4n) is 2.80. The van der Waals surface area contributed by atoms with E-state index in [1.165, 1.54) is 81.1 Å². The highest BCUT2D eigenvalue weighted by Crippen LogP contribution is 2.32. The Labute approximate surface area is 241 Å². The standard InChI is InChI=1S/C14H10F2N2O3.C7H6F2O2.C7H5FN2O/c1-19-12-6-9(7-17)18-8-13(12)20-10-2-4-11(5-3-10)21-14(15)16;8-7(9)11-6-3-1-5(10)2-4-6;1-11-7-2-5(3-9)10-4-6(7)8/h2-6,8,14H,1H3;1-4,7,10H;2,4H,1H3. The highest BCUT2D eigenvalue weighted by atomic mass is 19.3. The van der Waals surface area contributed by atoms with Gasteiger partial charge < -0.3 is 28.8 Å². The lowest BCUT2D eigenvalue weighted by Crippen LogP contribution is -2.01. The minimum absolute atomic E-state index is 0.0200. The molecule has 4 rings (SSSR count). The van der Waals surface area contributed by atoms with E-state index in [1.807, 2.05) is 6.07 Å². The molecule has 0 radical (unpaired) electrons. The molecule has 0 atom stereocenters. The molecule has 0 aliphatic heterocycles. The monoisotopic (exact) mass is 604 g/mol. The van der Waals surface area contributed by atoms with Crippen molar-refractivity contribution >= 4 is 0 Å². The molecule has 0 bridgehead atoms. The van der Waals surface area contributed by atoms with Crippen LogP contribution < -0.4 is 23.7 Å². The van der Waals surface area contributed by atoms with Crippen molar-refractivity contribution in [1.29, 1.82) is 10.5 Å². The van der Waals surface area contributed by atoms with Gasteiger partial charge in [0.2, 0.25) is 0 Å². The molecule has 10 nitrogen and oxygen atoms in total. The second kappa shape index (κ2) is 17.1. The number of aromatic nitrogens is 2. The second-order valence-electron chi connectivity index (χ2n) is 7.47. The summed E-state index contributed by atoms with van der Waals surface area (Å²) in [6.07, 6.45) is 2.30. The third-order valence-corrected chi connectivity index (χ3v) is 4.66. The Bertz CT molecular complexity index is 1530. The lowest BCUT2D eigenvalue weighted by Gasteiger charge is -2.10. The van der Waals surface area contributed by atoms with Crippen molar-refractivity contribution in [1.82, 2.24) is 9.97 Å². The van der Waals surface area contributed by atoms with Crippen LogP contribution in [0.3, 0.4) is 0 Å². The molecule has 2 aromatic heterocycles. The van der Waals surface area contributed by atoms with Crippen molar-refractivity contribution in [2.45, 2.75) is 13.2 Å². The maximum absolute atomic E-state index is 12.6. The third kappa shape index (κ3) is 11.7. The van der Waals surface area contributed by atoms with Crippen LogP contribution in [0.1, 0.15) is 11.4 Å². The Morgan fingerprint density at radius 2 is 1.12 bits per heavy atom. The number of nitrogens with zero attached hydrogens (tertiary/aromatic N) is 4. The molecule has 2 heterocycles. The smallest absolute Gasteiger partial charge is 0.387 e. The van der Waals surface area contributed by atoms with Crippen LogP contribution in [0.4, 0.5) is 22.0 Å². The lowest BCUT2D eigenvalue weighted by atomic mass is 10.3. The van der Waals surface area contributed by atoms with E-state index in [-0.39, 0.29) is 34.4 Å². The summed E-state index contributed by atoms with van der Waals surface area (Å²) in [6, 6.07) is 17.1. The zero-order valence-electron chi connectivity index (χ0n) is 22.3. The fourth-order valence-corrected chi connectivity index (χ4v) is 2.80. The van der Waals surface area contributed by atoms with Gasteiger partial charge in [-0.25, -0.2) is 14.4 Å². The molecule has 0 saturated heterocycles. The van der Waals surface area contributed by atoms with Crippen LogP contribution in [0.2, 0.25) is 0 Å². The topological polar surface area (TPSA) is 140 Å². The van der Waals surface area contributed by atoms with Crippen LogP contribution in [0.25, 0.3) is 0 Å². The minimum Gasteiger partial charge on any atom is -0.508 e. The highest BCUT2D eigenvalue weighted by Gasteiger charge is 2.09. The Balaban J connectivity index is 0.000000247. The molecule has 1 N–H and O–H groups in total. The van der Waals surface area contributed by atoms with Crippen molar-refractivity contribution in [3.8, 4) is 52.4 Å². The zero-order valence-corrected chi connectivity index (χ0v) is 22.3. The van der Waals surface area contributed by atoms with Crippen LogP contribution in [0.5, 0.6) is 40.2 Å². The quantitative estimate of drug-likeness (QED) is 0.223. The van der Waals surface area contributed by atoms with Crippen molar-refractivity contribution < 1.29 is 50.7 Å². The van der Waals surface area contributed by atoms with Crippen LogP contribution in [-0.4, -0.2) is 42.5 Å². The summed E-state index contributed by atoms with van der Waals surface area (Å²) in [6.45, 7) is -5.70. The van der Waals surface area contributed by atoms with Gasteiger partial charge >= 0.3 is 13.2 Å². The van der Waals surface area contributed by atoms with Gasteiger partial charge in [0.25, 0.3) is 0 Å². The number of halogens is 5. The van der Waals surface area contributed by atoms with Crippen LogP contribution in [-0.2, 0) is 0 Å². The van der Waals surface area contributed by atoms with Gasteiger partial charge in [-0.2, -0.15) is 28.1 Å². The van der Waals surface area contributed by atoms with E-state index in [0.717, 1.165) is 6.20 Å². The summed E-state index contributed by atoms with van der Waals surface area (Å²) in [5, 5.41) is 25.9. The minimum atomic E-state index is -2.88. The predicted octanol–water partition coefficient (Wildman–Crippen LogP) is 6.45. The van der Waals surface area contributed by atoms with Crippen LogP contribution in [0, 0.1) is 28.5 Å². The van der Waals surface area contributed by atoms with Gasteiger partial charge in [-0.3, -0.25) is 0 Å². The van der Waals surface area contributed by atoms with Crippen molar-refractivity contribution in [2.24, 2.45) is 0 Å². The first-order valence-electron chi connectivity index (χ1n) is 11.6. The normalized spacial score (nSPS) is 9.74. The number of phenolic OH excluding ortho intramolecular Hbond substituents is 1. The average molecular weight is 604 g/mol. The van der Waals surface area contributed by atoms with E-state index < -0.39 is 19.0 Å². The Hall–Kier alpha value is -5.83. The van der Waals surface area contributed by atoms with Gasteiger partial charge in [-0.15, -0.1) is 0 Å². The largest absolute Gasteiger partial charge is 0.508 e. The highest BCUT2D eigenvalue weighted by molar-refractivity contribution is 5.45. The van der Waals surface area contributed by atoms with Gasteiger partial charge in [0, 0.05) is 12.1 Å². The molecule has 2 aromatic carbocycles. The molecule has 0 unspecified atom stereocenters. The average Bonchev–Trinajstić information content (AvgIpc) is 3.00. The number of phenols is 1. The van der Waals surface area contributed by atoms with Gasteiger partial charge in [0.05, 0.1) is 26.6 Å². The molecule has 43 heavy (non-hydrogen) atoms. The Morgan fingerprint density at radius 3 is 1.58 bits per heavy atom. The van der Waals surface area contributed by atoms with Gasteiger partial charge in [0.15, 0.2) is 23.1 Å². The van der Waals surface area contributed by atoms with E-state index >= 15 is 0 Å². The molecule has 0 aliphatic carbocycles. The van der Waals surface area contributed by atoms with Gasteiger partial charge in [-0.05, 0) is 48.5 Å². The second-order valence-corrected chi connectivity index (χ2v) is 7.47. The van der Waals surface area contributed by atoms with Crippen molar-refractivity contribution in [2.75, 3.05) is 14.2 Å².